The lowest BCUT2D eigenvalue weighted by Gasteiger charge is -2.34. The van der Waals surface area contributed by atoms with Crippen LogP contribution >= 0.6 is 0 Å². The van der Waals surface area contributed by atoms with Crippen molar-refractivity contribution in [2.24, 2.45) is 11.3 Å². The predicted octanol–water partition coefficient (Wildman–Crippen LogP) is 3.05. The summed E-state index contributed by atoms with van der Waals surface area (Å²) in [7, 11) is 0. The summed E-state index contributed by atoms with van der Waals surface area (Å²) in [6, 6.07) is 0. The van der Waals surface area contributed by atoms with Crippen LogP contribution in [0.2, 0.25) is 0 Å². The maximum Gasteiger partial charge on any atom is 0.249 e. The molecule has 0 unspecified atom stereocenters. The summed E-state index contributed by atoms with van der Waals surface area (Å²) in [6.45, 7) is 15.7. The smallest absolute Gasteiger partial charge is 0.249 e. The lowest BCUT2D eigenvalue weighted by atomic mass is 9.86. The summed E-state index contributed by atoms with van der Waals surface area (Å²) in [5, 5.41) is 0. The Bertz CT molecular complexity index is 267. The van der Waals surface area contributed by atoms with Gasteiger partial charge in [-0.2, -0.15) is 0 Å². The number of amides is 1. The van der Waals surface area contributed by atoms with Crippen LogP contribution in [0.5, 0.6) is 0 Å². The van der Waals surface area contributed by atoms with E-state index in [0.717, 1.165) is 37.9 Å². The second-order valence-electron chi connectivity index (χ2n) is 5.75. The number of piperidine rings is 1. The highest BCUT2D eigenvalue weighted by Gasteiger charge is 2.28. The summed E-state index contributed by atoms with van der Waals surface area (Å²) >= 11 is 0. The molecule has 0 spiro atoms. The van der Waals surface area contributed by atoms with E-state index in [-0.39, 0.29) is 11.3 Å². The number of hydrogen-bond acceptors (Lipinski definition) is 1. The van der Waals surface area contributed by atoms with Crippen LogP contribution in [0.25, 0.3) is 0 Å². The summed E-state index contributed by atoms with van der Waals surface area (Å²) < 4.78 is 0. The molecule has 0 aromatic heterocycles. The third kappa shape index (κ3) is 3.10. The first-order chi connectivity index (χ1) is 7.36. The van der Waals surface area contributed by atoms with Crippen LogP contribution in [0.15, 0.2) is 12.2 Å². The number of likely N-dealkylation sites (tertiary alicyclic amines) is 1. The van der Waals surface area contributed by atoms with E-state index in [4.69, 9.17) is 0 Å². The minimum Gasteiger partial charge on any atom is -0.339 e. The Hall–Kier alpha value is -0.790. The number of hydrogen-bond donors (Lipinski definition) is 0. The van der Waals surface area contributed by atoms with Crippen molar-refractivity contribution in [2.45, 2.75) is 40.0 Å². The fraction of sp³-hybridized carbons (Fsp3) is 0.714. The molecule has 1 aliphatic heterocycles. The van der Waals surface area contributed by atoms with Crippen LogP contribution < -0.4 is 0 Å². The maximum absolute atomic E-state index is 12.2. The third-order valence-corrected chi connectivity index (χ3v) is 3.47. The van der Waals surface area contributed by atoms with E-state index in [1.807, 2.05) is 25.7 Å². The standard InChI is InChI=1S/C14H24NO/c1-6-12-7-9-15(10-8-12)13(16)11(2)14(3,4)5/h12H,1-2,6-10H2,3-5H3. The molecule has 1 aliphatic rings. The van der Waals surface area contributed by atoms with E-state index < -0.39 is 0 Å². The number of carbonyl (C=O) groups is 1. The molecule has 0 N–H and O–H groups in total. The van der Waals surface area contributed by atoms with E-state index in [2.05, 4.69) is 13.5 Å². The summed E-state index contributed by atoms with van der Waals surface area (Å²) in [5.41, 5.74) is 0.598. The van der Waals surface area contributed by atoms with Crippen molar-refractivity contribution in [1.82, 2.24) is 4.90 Å². The molecule has 2 nitrogen and oxygen atoms in total. The van der Waals surface area contributed by atoms with Crippen LogP contribution in [0.1, 0.15) is 40.0 Å². The molecular formula is C14H24NO. The zero-order valence-corrected chi connectivity index (χ0v) is 10.9. The number of nitrogens with zero attached hydrogens (tertiary/aromatic N) is 1. The Morgan fingerprint density at radius 2 is 1.81 bits per heavy atom. The molecular weight excluding hydrogens is 198 g/mol. The van der Waals surface area contributed by atoms with Crippen molar-refractivity contribution in [3.63, 3.8) is 0 Å². The molecule has 0 aromatic rings. The highest BCUT2D eigenvalue weighted by atomic mass is 16.2. The fourth-order valence-corrected chi connectivity index (χ4v) is 1.94. The van der Waals surface area contributed by atoms with Crippen LogP contribution in [-0.2, 0) is 4.79 Å². The first-order valence-corrected chi connectivity index (χ1v) is 6.14. The summed E-state index contributed by atoms with van der Waals surface area (Å²) in [5.74, 6) is 0.835. The van der Waals surface area contributed by atoms with Gasteiger partial charge in [0.2, 0.25) is 5.91 Å². The van der Waals surface area contributed by atoms with Crippen LogP contribution in [0.4, 0.5) is 0 Å². The predicted molar refractivity (Wildman–Crippen MR) is 67.9 cm³/mol. The molecule has 1 heterocycles. The number of carbonyl (C=O) groups excluding carboxylic acids is 1. The Kier molecular flexibility index (Phi) is 4.17. The van der Waals surface area contributed by atoms with Crippen molar-refractivity contribution in [2.75, 3.05) is 13.1 Å². The summed E-state index contributed by atoms with van der Waals surface area (Å²) in [4.78, 5) is 14.1. The van der Waals surface area contributed by atoms with Crippen LogP contribution in [-0.4, -0.2) is 23.9 Å². The van der Waals surface area contributed by atoms with Gasteiger partial charge >= 0.3 is 0 Å². The zero-order valence-electron chi connectivity index (χ0n) is 10.9. The largest absolute Gasteiger partial charge is 0.339 e. The minimum absolute atomic E-state index is 0.125. The molecule has 1 radical (unpaired) electrons. The Morgan fingerprint density at radius 1 is 1.31 bits per heavy atom. The van der Waals surface area contributed by atoms with Gasteiger partial charge in [-0.3, -0.25) is 4.79 Å². The van der Waals surface area contributed by atoms with E-state index in [1.165, 1.54) is 0 Å². The highest BCUT2D eigenvalue weighted by Crippen LogP contribution is 2.27. The second-order valence-corrected chi connectivity index (χ2v) is 5.75. The van der Waals surface area contributed by atoms with Crippen LogP contribution in [0, 0.1) is 18.3 Å². The quantitative estimate of drug-likeness (QED) is 0.658. The monoisotopic (exact) mass is 222 g/mol. The SMILES string of the molecule is [CH2]CC1CCN(C(=O)C(=C)C(C)(C)C)CC1. The topological polar surface area (TPSA) is 20.3 Å². The van der Waals surface area contributed by atoms with Gasteiger partial charge in [-0.15, -0.1) is 0 Å². The molecule has 0 saturated carbocycles. The molecule has 16 heavy (non-hydrogen) atoms. The summed E-state index contributed by atoms with van der Waals surface area (Å²) in [6.07, 6.45) is 3.17. The minimum atomic E-state index is -0.125. The lowest BCUT2D eigenvalue weighted by Crippen LogP contribution is -2.40. The molecule has 0 atom stereocenters. The second kappa shape index (κ2) is 5.03. The molecule has 0 aromatic carbocycles. The Morgan fingerprint density at radius 3 is 2.19 bits per heavy atom. The molecule has 1 rings (SSSR count). The van der Waals surface area contributed by atoms with E-state index in [0.29, 0.717) is 5.92 Å². The molecule has 2 heteroatoms. The first kappa shape index (κ1) is 13.3. The average molecular weight is 222 g/mol. The normalized spacial score (nSPS) is 18.6. The molecule has 91 valence electrons. The van der Waals surface area contributed by atoms with Crippen molar-refractivity contribution in [3.8, 4) is 0 Å². The van der Waals surface area contributed by atoms with E-state index in [1.54, 1.807) is 0 Å². The van der Waals surface area contributed by atoms with Gasteiger partial charge in [0.1, 0.15) is 0 Å². The van der Waals surface area contributed by atoms with Gasteiger partial charge in [0.25, 0.3) is 0 Å². The Labute approximate surface area is 99.7 Å². The first-order valence-electron chi connectivity index (χ1n) is 6.14. The van der Waals surface area contributed by atoms with E-state index in [9.17, 15) is 4.79 Å². The van der Waals surface area contributed by atoms with Gasteiger partial charge in [0.15, 0.2) is 0 Å². The molecule has 1 amide bonds. The van der Waals surface area contributed by atoms with Gasteiger partial charge in [0, 0.05) is 18.7 Å². The van der Waals surface area contributed by atoms with Gasteiger partial charge in [0.05, 0.1) is 0 Å². The van der Waals surface area contributed by atoms with E-state index >= 15 is 0 Å². The van der Waals surface area contributed by atoms with Crippen molar-refractivity contribution in [1.29, 1.82) is 0 Å². The average Bonchev–Trinajstić information content (AvgIpc) is 2.26. The fourth-order valence-electron chi connectivity index (χ4n) is 1.94. The van der Waals surface area contributed by atoms with Gasteiger partial charge in [-0.25, -0.2) is 0 Å². The molecule has 0 aliphatic carbocycles. The van der Waals surface area contributed by atoms with Crippen LogP contribution in [0.3, 0.4) is 0 Å². The van der Waals surface area contributed by atoms with Crippen molar-refractivity contribution >= 4 is 5.91 Å². The van der Waals surface area contributed by atoms with Gasteiger partial charge in [-0.1, -0.05) is 40.7 Å². The third-order valence-electron chi connectivity index (χ3n) is 3.47. The molecule has 1 saturated heterocycles. The van der Waals surface area contributed by atoms with Gasteiger partial charge < -0.3 is 4.90 Å². The zero-order chi connectivity index (χ0) is 12.3. The van der Waals surface area contributed by atoms with Crippen molar-refractivity contribution in [3.05, 3.63) is 19.1 Å². The highest BCUT2D eigenvalue weighted by molar-refractivity contribution is 5.94. The molecule has 1 fully saturated rings. The lowest BCUT2D eigenvalue weighted by molar-refractivity contribution is -0.129. The Balaban J connectivity index is 2.54. The molecule has 0 bridgehead atoms. The number of rotatable bonds is 2. The van der Waals surface area contributed by atoms with Crippen molar-refractivity contribution < 1.29 is 4.79 Å². The maximum atomic E-state index is 12.2. The van der Waals surface area contributed by atoms with Gasteiger partial charge in [-0.05, 0) is 24.2 Å².